The summed E-state index contributed by atoms with van der Waals surface area (Å²) in [5, 5.41) is 50.1. The van der Waals surface area contributed by atoms with Crippen LogP contribution in [-0.2, 0) is 14.1 Å². The molecule has 20 heteroatoms. The van der Waals surface area contributed by atoms with Gasteiger partial charge in [0.25, 0.3) is 22.7 Å². The number of aryl methyl sites for hydroxylation is 2. The van der Waals surface area contributed by atoms with Crippen LogP contribution < -0.4 is 0 Å². The minimum atomic E-state index is -0.605. The van der Waals surface area contributed by atoms with Crippen LogP contribution in [-0.4, -0.2) is 58.7 Å². The van der Waals surface area contributed by atoms with Gasteiger partial charge in [-0.2, -0.15) is 0 Å². The predicted octanol–water partition coefficient (Wildman–Crippen LogP) is 6.52. The maximum atomic E-state index is 12.4. The molecule has 9 rings (SSSR count). The van der Waals surface area contributed by atoms with Crippen molar-refractivity contribution >= 4 is 66.9 Å². The molecule has 0 N–H and O–H groups in total. The Bertz CT molecular complexity index is 2910. The summed E-state index contributed by atoms with van der Waals surface area (Å²) in [5.74, 6) is -0.459. The molecule has 20 nitrogen and oxygen atoms in total. The highest BCUT2D eigenvalue weighted by atomic mass is 16.6. The number of hydrogen-bond donors (Lipinski definition) is 0. The van der Waals surface area contributed by atoms with Crippen molar-refractivity contribution in [2.75, 3.05) is 0 Å². The number of nitro groups is 4. The monoisotopic (exact) mass is 722 g/mol. The summed E-state index contributed by atoms with van der Waals surface area (Å²) in [5.41, 5.74) is -0.832. The van der Waals surface area contributed by atoms with Crippen molar-refractivity contribution < 1.29 is 19.7 Å². The molecule has 2 aliphatic heterocycles. The molecule has 0 saturated carbocycles. The highest BCUT2D eigenvalue weighted by molar-refractivity contribution is 6.12. The van der Waals surface area contributed by atoms with Gasteiger partial charge in [0.2, 0.25) is 0 Å². The SMILES string of the molecule is Cn1c2nc3nc(nc4c5c([N+](=O)[O-])cccc5c(nc5nc(nc1c1c([N+](=O)[O-])cccc12)-c1cccc([N+](=O)[O-])c1-5)n4C)-c1cccc([N+](=O)[O-])c1-3. The number of non-ortho nitro benzene ring substituents is 2. The highest BCUT2D eigenvalue weighted by Gasteiger charge is 2.32. The third-order valence-electron chi connectivity index (χ3n) is 9.36. The van der Waals surface area contributed by atoms with Gasteiger partial charge < -0.3 is 9.13 Å². The molecule has 0 amide bonds. The average molecular weight is 723 g/mol. The molecule has 54 heavy (non-hydrogen) atoms. The molecule has 8 bridgehead atoms. The van der Waals surface area contributed by atoms with Crippen LogP contribution in [0, 0.1) is 40.5 Å². The van der Waals surface area contributed by atoms with E-state index in [0.717, 1.165) is 0 Å². The summed E-state index contributed by atoms with van der Waals surface area (Å²) in [6, 6.07) is 17.1. The Hall–Kier alpha value is -8.16. The molecule has 0 spiro atoms. The molecule has 0 aliphatic carbocycles. The van der Waals surface area contributed by atoms with Crippen molar-refractivity contribution in [2.24, 2.45) is 14.1 Å². The van der Waals surface area contributed by atoms with Crippen LogP contribution in [0.4, 0.5) is 22.7 Å². The molecule has 0 atom stereocenters. The van der Waals surface area contributed by atoms with E-state index >= 15 is 0 Å². The molecule has 5 heterocycles. The van der Waals surface area contributed by atoms with E-state index in [1.54, 1.807) is 24.3 Å². The Labute approximate surface area is 298 Å². The zero-order valence-electron chi connectivity index (χ0n) is 27.6. The van der Waals surface area contributed by atoms with Crippen LogP contribution in [0.25, 0.3) is 89.7 Å². The number of nitro benzene ring substituents is 4. The van der Waals surface area contributed by atoms with Crippen LogP contribution in [0.3, 0.4) is 0 Å². The number of nitrogens with zero attached hydrogens (tertiary/aromatic N) is 12. The third kappa shape index (κ3) is 4.36. The summed E-state index contributed by atoms with van der Waals surface area (Å²) in [6.45, 7) is 0. The lowest BCUT2D eigenvalue weighted by atomic mass is 10.1. The van der Waals surface area contributed by atoms with E-state index in [1.165, 1.54) is 71.8 Å². The molecule has 7 aromatic rings. The largest absolute Gasteiger partial charge is 0.313 e. The lowest BCUT2D eigenvalue weighted by Gasteiger charge is -2.01. The molecule has 0 fully saturated rings. The number of rotatable bonds is 4. The molecule has 2 aliphatic rings. The van der Waals surface area contributed by atoms with Gasteiger partial charge in [0, 0.05) is 60.3 Å². The predicted molar refractivity (Wildman–Crippen MR) is 192 cm³/mol. The molecule has 4 aromatic carbocycles. The first-order valence-electron chi connectivity index (χ1n) is 15.8. The van der Waals surface area contributed by atoms with Gasteiger partial charge in [0.15, 0.2) is 34.6 Å². The van der Waals surface area contributed by atoms with Gasteiger partial charge in [-0.1, -0.05) is 24.3 Å². The lowest BCUT2D eigenvalue weighted by Crippen LogP contribution is -1.95. The summed E-state index contributed by atoms with van der Waals surface area (Å²) in [4.78, 5) is 75.5. The first kappa shape index (κ1) is 31.8. The van der Waals surface area contributed by atoms with Gasteiger partial charge in [0.1, 0.15) is 33.2 Å². The lowest BCUT2D eigenvalue weighted by molar-refractivity contribution is -0.384. The molecule has 0 unspecified atom stereocenters. The molecule has 0 radical (unpaired) electrons. The van der Waals surface area contributed by atoms with Crippen molar-refractivity contribution in [1.29, 1.82) is 0 Å². The van der Waals surface area contributed by atoms with Gasteiger partial charge in [-0.25, -0.2) is 29.9 Å². The number of hydrogen-bond acceptors (Lipinski definition) is 14. The molecular weight excluding hydrogens is 704 g/mol. The Morgan fingerprint density at radius 1 is 0.426 bits per heavy atom. The zero-order chi connectivity index (χ0) is 37.7. The Morgan fingerprint density at radius 2 is 0.759 bits per heavy atom. The van der Waals surface area contributed by atoms with E-state index in [9.17, 15) is 40.5 Å². The van der Waals surface area contributed by atoms with Crippen molar-refractivity contribution in [3.63, 3.8) is 0 Å². The first-order chi connectivity index (χ1) is 25.9. The van der Waals surface area contributed by atoms with Crippen molar-refractivity contribution in [3.8, 4) is 45.6 Å². The van der Waals surface area contributed by atoms with Gasteiger partial charge in [-0.15, -0.1) is 0 Å². The standard InChI is InChI=1S/C34H18N12O8/c1-41-31-17-9-5-13-21(45(51)52)25(17)33(41)37-27-15-7-3-12-20(44(49)50)24(15)30(35-27)40-32-18-10-6-14-22(46(53)54)26(18)34(42(32)2)38-28-16-8-4-11-19(43(47)48)23(16)29(36-28)39-31/h3-14H,1-2H3. The van der Waals surface area contributed by atoms with Crippen LogP contribution in [0.1, 0.15) is 0 Å². The highest BCUT2D eigenvalue weighted by Crippen LogP contribution is 2.44. The van der Waals surface area contributed by atoms with Crippen molar-refractivity contribution in [1.82, 2.24) is 39.0 Å². The van der Waals surface area contributed by atoms with Crippen LogP contribution in [0.5, 0.6) is 0 Å². The summed E-state index contributed by atoms with van der Waals surface area (Å²) in [6.07, 6.45) is 0. The Morgan fingerprint density at radius 3 is 1.13 bits per heavy atom. The molecular formula is C34H18N12O8. The Balaban J connectivity index is 1.59. The third-order valence-corrected chi connectivity index (χ3v) is 9.36. The minimum absolute atomic E-state index is 0.00176. The van der Waals surface area contributed by atoms with Gasteiger partial charge in [0.05, 0.1) is 19.7 Å². The molecule has 0 saturated heterocycles. The fraction of sp³-hybridized carbons (Fsp3) is 0.0588. The fourth-order valence-electron chi connectivity index (χ4n) is 7.05. The molecule has 262 valence electrons. The second-order valence-electron chi connectivity index (χ2n) is 12.2. The normalized spacial score (nSPS) is 11.7. The van der Waals surface area contributed by atoms with Crippen LogP contribution in [0.15, 0.2) is 72.8 Å². The molecule has 3 aromatic heterocycles. The second kappa shape index (κ2) is 11.2. The maximum absolute atomic E-state index is 12.4. The van der Waals surface area contributed by atoms with Gasteiger partial charge in [-0.3, -0.25) is 40.5 Å². The minimum Gasteiger partial charge on any atom is -0.313 e. The van der Waals surface area contributed by atoms with E-state index in [4.69, 9.17) is 19.9 Å². The zero-order valence-corrected chi connectivity index (χ0v) is 27.6. The van der Waals surface area contributed by atoms with Gasteiger partial charge >= 0.3 is 0 Å². The van der Waals surface area contributed by atoms with Crippen LogP contribution >= 0.6 is 0 Å². The van der Waals surface area contributed by atoms with E-state index in [2.05, 4.69) is 9.97 Å². The summed E-state index contributed by atoms with van der Waals surface area (Å²) < 4.78 is 2.87. The fourth-order valence-corrected chi connectivity index (χ4v) is 7.05. The summed E-state index contributed by atoms with van der Waals surface area (Å²) in [7, 11) is 3.07. The Kier molecular flexibility index (Phi) is 6.58. The maximum Gasteiger partial charge on any atom is 0.281 e. The van der Waals surface area contributed by atoms with E-state index in [1.807, 2.05) is 0 Å². The number of fused-ring (bicyclic) bond motifs is 20. The van der Waals surface area contributed by atoms with E-state index < -0.39 is 19.7 Å². The van der Waals surface area contributed by atoms with Crippen molar-refractivity contribution in [2.45, 2.75) is 0 Å². The quantitative estimate of drug-likeness (QED) is 0.138. The van der Waals surface area contributed by atoms with Gasteiger partial charge in [-0.05, 0) is 24.3 Å². The first-order valence-corrected chi connectivity index (χ1v) is 15.8. The van der Waals surface area contributed by atoms with Crippen LogP contribution in [0.2, 0.25) is 0 Å². The van der Waals surface area contributed by atoms with E-state index in [-0.39, 0.29) is 112 Å². The summed E-state index contributed by atoms with van der Waals surface area (Å²) >= 11 is 0. The number of aromatic nitrogens is 8. The second-order valence-corrected chi connectivity index (χ2v) is 12.2. The topological polar surface area (TPSA) is 260 Å². The number of benzene rings is 4. The van der Waals surface area contributed by atoms with Crippen molar-refractivity contribution in [3.05, 3.63) is 113 Å². The average Bonchev–Trinajstić information content (AvgIpc) is 3.84. The smallest absolute Gasteiger partial charge is 0.281 e. The van der Waals surface area contributed by atoms with E-state index in [0.29, 0.717) is 0 Å².